The molecule has 0 aliphatic heterocycles. The van der Waals surface area contributed by atoms with Crippen molar-refractivity contribution in [1.82, 2.24) is 0 Å². The number of non-ortho nitro benzene ring substituents is 1. The van der Waals surface area contributed by atoms with Crippen molar-refractivity contribution in [2.45, 2.75) is 18.2 Å². The van der Waals surface area contributed by atoms with Gasteiger partial charge in [0, 0.05) is 24.8 Å². The topological polar surface area (TPSA) is 89.6 Å². The fourth-order valence-corrected chi connectivity index (χ4v) is 2.79. The van der Waals surface area contributed by atoms with E-state index in [1.807, 2.05) is 12.1 Å². The van der Waals surface area contributed by atoms with Gasteiger partial charge in [-0.15, -0.1) is 5.92 Å². The van der Waals surface area contributed by atoms with Crippen molar-refractivity contribution in [1.29, 1.82) is 0 Å². The van der Waals surface area contributed by atoms with Gasteiger partial charge in [-0.3, -0.25) is 10.1 Å². The van der Waals surface area contributed by atoms with E-state index in [2.05, 4.69) is 16.2 Å². The van der Waals surface area contributed by atoms with Gasteiger partial charge in [0.1, 0.15) is 0 Å². The zero-order valence-corrected chi connectivity index (χ0v) is 13.7. The van der Waals surface area contributed by atoms with Crippen LogP contribution in [0.15, 0.2) is 57.8 Å². The first-order valence-electron chi connectivity index (χ1n) is 6.96. The molecule has 0 aromatic heterocycles. The maximum atomic E-state index is 12.2. The molecular weight excluding hydrogens is 328 g/mol. The van der Waals surface area contributed by atoms with Gasteiger partial charge in [-0.2, -0.15) is 12.8 Å². The Balaban J connectivity index is 2.30. The van der Waals surface area contributed by atoms with E-state index in [0.29, 0.717) is 12.0 Å². The van der Waals surface area contributed by atoms with Crippen LogP contribution in [0.2, 0.25) is 0 Å². The van der Waals surface area contributed by atoms with Crippen LogP contribution in [0.1, 0.15) is 18.1 Å². The van der Waals surface area contributed by atoms with E-state index in [-0.39, 0.29) is 10.6 Å². The quantitative estimate of drug-likeness (QED) is 0.361. The molecule has 0 heterocycles. The smallest absolute Gasteiger partial charge is 0.258 e. The predicted octanol–water partition coefficient (Wildman–Crippen LogP) is 2.97. The largest absolute Gasteiger partial charge is 0.282 e. The molecule has 0 atom stereocenters. The van der Waals surface area contributed by atoms with Crippen molar-refractivity contribution in [3.8, 4) is 11.8 Å². The summed E-state index contributed by atoms with van der Waals surface area (Å²) in [6.07, 6.45) is 1.76. The molecule has 0 amide bonds. The summed E-state index contributed by atoms with van der Waals surface area (Å²) in [5.41, 5.74) is 1.35. The standard InChI is InChI=1S/C17H14N2O4S/c1-2-3-6-14-7-4-5-8-15(14)13-18-24(22,23)17-11-9-16(10-12-17)19(20)21/h4-5,7-13H,6H2,1H3/b18-13+. The van der Waals surface area contributed by atoms with Gasteiger partial charge in [0.25, 0.3) is 15.7 Å². The van der Waals surface area contributed by atoms with Crippen molar-refractivity contribution in [2.24, 2.45) is 4.40 Å². The predicted molar refractivity (Wildman–Crippen MR) is 91.5 cm³/mol. The second-order valence-corrected chi connectivity index (χ2v) is 6.40. The zero-order valence-electron chi connectivity index (χ0n) is 12.8. The lowest BCUT2D eigenvalue weighted by Crippen LogP contribution is -1.99. The molecule has 24 heavy (non-hydrogen) atoms. The Bertz CT molecular complexity index is 937. The molecule has 0 fully saturated rings. The van der Waals surface area contributed by atoms with E-state index in [1.54, 1.807) is 19.1 Å². The molecule has 0 N–H and O–H groups in total. The van der Waals surface area contributed by atoms with Gasteiger partial charge in [0.05, 0.1) is 9.82 Å². The van der Waals surface area contributed by atoms with Crippen LogP contribution >= 0.6 is 0 Å². The van der Waals surface area contributed by atoms with E-state index in [4.69, 9.17) is 0 Å². The zero-order chi connectivity index (χ0) is 17.6. The molecule has 122 valence electrons. The first kappa shape index (κ1) is 17.4. The van der Waals surface area contributed by atoms with Crippen LogP contribution in [0, 0.1) is 22.0 Å². The maximum Gasteiger partial charge on any atom is 0.282 e. The number of benzene rings is 2. The fourth-order valence-electron chi connectivity index (χ4n) is 1.93. The average molecular weight is 342 g/mol. The minimum atomic E-state index is -3.93. The number of hydrogen-bond acceptors (Lipinski definition) is 4. The van der Waals surface area contributed by atoms with Crippen molar-refractivity contribution in [3.05, 3.63) is 69.8 Å². The molecule has 0 radical (unpaired) electrons. The Morgan fingerprint density at radius 2 is 1.83 bits per heavy atom. The third kappa shape index (κ3) is 4.27. The summed E-state index contributed by atoms with van der Waals surface area (Å²) in [7, 11) is -3.93. The highest BCUT2D eigenvalue weighted by atomic mass is 32.2. The molecule has 2 rings (SSSR count). The Morgan fingerprint density at radius 3 is 2.46 bits per heavy atom. The van der Waals surface area contributed by atoms with Gasteiger partial charge in [-0.05, 0) is 30.2 Å². The number of nitro benzene ring substituents is 1. The first-order chi connectivity index (χ1) is 11.4. The molecule has 7 heteroatoms. The fraction of sp³-hybridized carbons (Fsp3) is 0.118. The molecule has 2 aromatic rings. The summed E-state index contributed by atoms with van der Waals surface area (Å²) in [6.45, 7) is 1.73. The number of nitrogens with zero attached hydrogens (tertiary/aromatic N) is 2. The molecule has 0 saturated heterocycles. The van der Waals surface area contributed by atoms with Crippen LogP contribution in [-0.2, 0) is 16.4 Å². The maximum absolute atomic E-state index is 12.2. The van der Waals surface area contributed by atoms with Crippen LogP contribution in [0.4, 0.5) is 5.69 Å². The highest BCUT2D eigenvalue weighted by Crippen LogP contribution is 2.18. The third-order valence-corrected chi connectivity index (χ3v) is 4.44. The second-order valence-electron chi connectivity index (χ2n) is 4.76. The minimum Gasteiger partial charge on any atom is -0.258 e. The lowest BCUT2D eigenvalue weighted by Gasteiger charge is -2.02. The van der Waals surface area contributed by atoms with Crippen LogP contribution < -0.4 is 0 Å². The van der Waals surface area contributed by atoms with E-state index in [0.717, 1.165) is 17.7 Å². The molecule has 6 nitrogen and oxygen atoms in total. The van der Waals surface area contributed by atoms with Gasteiger partial charge >= 0.3 is 0 Å². The van der Waals surface area contributed by atoms with E-state index < -0.39 is 14.9 Å². The summed E-state index contributed by atoms with van der Waals surface area (Å²) in [6, 6.07) is 11.8. The summed E-state index contributed by atoms with van der Waals surface area (Å²) in [4.78, 5) is 9.92. The van der Waals surface area contributed by atoms with Gasteiger partial charge in [-0.25, -0.2) is 0 Å². The molecule has 0 bridgehead atoms. The average Bonchev–Trinajstić information content (AvgIpc) is 2.59. The third-order valence-electron chi connectivity index (χ3n) is 3.19. The van der Waals surface area contributed by atoms with Crippen molar-refractivity contribution >= 4 is 21.9 Å². The summed E-state index contributed by atoms with van der Waals surface area (Å²) in [5, 5.41) is 10.6. The highest BCUT2D eigenvalue weighted by Gasteiger charge is 2.14. The van der Waals surface area contributed by atoms with Gasteiger partial charge in [-0.1, -0.05) is 30.2 Å². The lowest BCUT2D eigenvalue weighted by molar-refractivity contribution is -0.384. The molecular formula is C17H14N2O4S. The molecule has 0 unspecified atom stereocenters. The molecule has 0 saturated carbocycles. The Labute approximate surface area is 140 Å². The summed E-state index contributed by atoms with van der Waals surface area (Å²) < 4.78 is 28.1. The molecule has 0 spiro atoms. The first-order valence-corrected chi connectivity index (χ1v) is 8.40. The molecule has 0 aliphatic rings. The lowest BCUT2D eigenvalue weighted by atomic mass is 10.1. The van der Waals surface area contributed by atoms with Crippen LogP contribution in [0.5, 0.6) is 0 Å². The molecule has 2 aromatic carbocycles. The van der Waals surface area contributed by atoms with Crippen molar-refractivity contribution in [2.75, 3.05) is 0 Å². The van der Waals surface area contributed by atoms with Gasteiger partial charge in [0.15, 0.2) is 0 Å². The highest BCUT2D eigenvalue weighted by molar-refractivity contribution is 7.90. The SMILES string of the molecule is CC#CCc1ccccc1/C=N/S(=O)(=O)c1ccc([N+](=O)[O-])cc1. The summed E-state index contributed by atoms with van der Waals surface area (Å²) in [5.74, 6) is 5.71. The Hall–Kier alpha value is -2.98. The van der Waals surface area contributed by atoms with Crippen LogP contribution in [-0.4, -0.2) is 19.6 Å². The van der Waals surface area contributed by atoms with Crippen LogP contribution in [0.3, 0.4) is 0 Å². The number of sulfonamides is 1. The van der Waals surface area contributed by atoms with E-state index >= 15 is 0 Å². The number of nitro groups is 1. The normalized spacial score (nSPS) is 11.0. The van der Waals surface area contributed by atoms with E-state index in [1.165, 1.54) is 18.3 Å². The molecule has 0 aliphatic carbocycles. The van der Waals surface area contributed by atoms with Crippen molar-refractivity contribution < 1.29 is 13.3 Å². The van der Waals surface area contributed by atoms with Crippen LogP contribution in [0.25, 0.3) is 0 Å². The minimum absolute atomic E-state index is 0.102. The Morgan fingerprint density at radius 1 is 1.17 bits per heavy atom. The second kappa shape index (κ2) is 7.53. The number of rotatable bonds is 5. The number of hydrogen-bond donors (Lipinski definition) is 0. The summed E-state index contributed by atoms with van der Waals surface area (Å²) >= 11 is 0. The van der Waals surface area contributed by atoms with E-state index in [9.17, 15) is 18.5 Å². The van der Waals surface area contributed by atoms with Gasteiger partial charge in [0.2, 0.25) is 0 Å². The monoisotopic (exact) mass is 342 g/mol. The van der Waals surface area contributed by atoms with Gasteiger partial charge < -0.3 is 0 Å². The van der Waals surface area contributed by atoms with Crippen molar-refractivity contribution in [3.63, 3.8) is 0 Å². The Kier molecular flexibility index (Phi) is 5.45.